The molecule has 1 heterocycles. The van der Waals surface area contributed by atoms with Gasteiger partial charge in [0.1, 0.15) is 11.4 Å². The van der Waals surface area contributed by atoms with E-state index in [0.717, 1.165) is 24.1 Å². The molecule has 0 aliphatic heterocycles. The molecule has 1 atom stereocenters. The van der Waals surface area contributed by atoms with Gasteiger partial charge in [-0.1, -0.05) is 12.1 Å². The quantitative estimate of drug-likeness (QED) is 0.489. The van der Waals surface area contributed by atoms with Crippen LogP contribution in [0.5, 0.6) is 0 Å². The molecular formula is C21H27N5O3. The van der Waals surface area contributed by atoms with Gasteiger partial charge in [-0.3, -0.25) is 9.89 Å². The van der Waals surface area contributed by atoms with Crippen molar-refractivity contribution in [3.05, 3.63) is 41.6 Å². The molecule has 1 aliphatic carbocycles. The van der Waals surface area contributed by atoms with Crippen LogP contribution in [0.15, 0.2) is 30.5 Å². The zero-order valence-electron chi connectivity index (χ0n) is 16.7. The minimum absolute atomic E-state index is 0.119. The van der Waals surface area contributed by atoms with Crippen LogP contribution in [-0.4, -0.2) is 39.5 Å². The second-order valence-corrected chi connectivity index (χ2v) is 8.07. The van der Waals surface area contributed by atoms with Crippen molar-refractivity contribution >= 4 is 17.4 Å². The summed E-state index contributed by atoms with van der Waals surface area (Å²) in [5, 5.41) is 31.7. The molecule has 0 bridgehead atoms. The minimum Gasteiger partial charge on any atom is -0.388 e. The zero-order chi connectivity index (χ0) is 20.9. The van der Waals surface area contributed by atoms with Gasteiger partial charge in [-0.15, -0.1) is 0 Å². The number of ether oxygens (including phenoxy) is 1. The van der Waals surface area contributed by atoms with E-state index >= 15 is 0 Å². The van der Waals surface area contributed by atoms with Crippen molar-refractivity contribution in [2.45, 2.75) is 51.4 Å². The molecule has 1 aliphatic rings. The largest absolute Gasteiger partial charge is 0.388 e. The molecule has 2 aromatic rings. The first-order chi connectivity index (χ1) is 13.9. The summed E-state index contributed by atoms with van der Waals surface area (Å²) in [6.45, 7) is 3.99. The van der Waals surface area contributed by atoms with Gasteiger partial charge in [-0.2, -0.15) is 10.4 Å². The standard InChI is InChI=1S/C21H27N5O3/c1-21(2,28)13-29-12-14-4-3-5-16(10-14)24-19-17(11-23-26-19)20(27)25-18(8-9-22)15-6-7-15/h3-5,10-11,15,18,28H,6-8,12-13H2,1-2H3,(H,25,27)(H2,23,24,26). The number of aliphatic hydroxyl groups is 1. The first-order valence-electron chi connectivity index (χ1n) is 9.73. The van der Waals surface area contributed by atoms with Crippen molar-refractivity contribution in [2.24, 2.45) is 5.92 Å². The Kier molecular flexibility index (Phi) is 6.52. The van der Waals surface area contributed by atoms with Crippen molar-refractivity contribution < 1.29 is 14.6 Å². The second-order valence-electron chi connectivity index (χ2n) is 8.07. The Bertz CT molecular complexity index is 877. The van der Waals surface area contributed by atoms with Gasteiger partial charge in [-0.25, -0.2) is 0 Å². The molecule has 1 aromatic carbocycles. The van der Waals surface area contributed by atoms with Crippen LogP contribution < -0.4 is 10.6 Å². The molecule has 3 rings (SSSR count). The SMILES string of the molecule is CC(C)(O)COCc1cccc(Nc2[nH]ncc2C(=O)NC(CC#N)C2CC2)c1. The van der Waals surface area contributed by atoms with Gasteiger partial charge in [0.15, 0.2) is 0 Å². The van der Waals surface area contributed by atoms with E-state index in [9.17, 15) is 9.90 Å². The fraction of sp³-hybridized carbons (Fsp3) is 0.476. The molecule has 1 unspecified atom stereocenters. The Labute approximate surface area is 170 Å². The van der Waals surface area contributed by atoms with Crippen LogP contribution in [0.2, 0.25) is 0 Å². The molecule has 1 amide bonds. The van der Waals surface area contributed by atoms with Crippen LogP contribution in [0.1, 0.15) is 49.0 Å². The fourth-order valence-electron chi connectivity index (χ4n) is 3.03. The number of amides is 1. The average molecular weight is 397 g/mol. The number of nitrogens with one attached hydrogen (secondary N) is 3. The number of H-pyrrole nitrogens is 1. The van der Waals surface area contributed by atoms with Crippen LogP contribution >= 0.6 is 0 Å². The van der Waals surface area contributed by atoms with Crippen molar-refractivity contribution in [1.82, 2.24) is 15.5 Å². The van der Waals surface area contributed by atoms with Gasteiger partial charge < -0.3 is 20.5 Å². The number of nitrogens with zero attached hydrogens (tertiary/aromatic N) is 2. The Morgan fingerprint density at radius 3 is 2.97 bits per heavy atom. The summed E-state index contributed by atoms with van der Waals surface area (Å²) >= 11 is 0. The van der Waals surface area contributed by atoms with Crippen LogP contribution in [0.3, 0.4) is 0 Å². The molecule has 1 fully saturated rings. The van der Waals surface area contributed by atoms with Crippen LogP contribution in [-0.2, 0) is 11.3 Å². The number of aromatic nitrogens is 2. The third kappa shape index (κ3) is 6.31. The van der Waals surface area contributed by atoms with E-state index in [4.69, 9.17) is 10.00 Å². The summed E-state index contributed by atoms with van der Waals surface area (Å²) < 4.78 is 5.54. The molecule has 8 heteroatoms. The van der Waals surface area contributed by atoms with Gasteiger partial charge in [-0.05, 0) is 50.3 Å². The van der Waals surface area contributed by atoms with E-state index in [-0.39, 0.29) is 18.6 Å². The second kappa shape index (κ2) is 9.07. The molecule has 154 valence electrons. The summed E-state index contributed by atoms with van der Waals surface area (Å²) in [6.07, 6.45) is 3.88. The van der Waals surface area contributed by atoms with Crippen LogP contribution in [0, 0.1) is 17.2 Å². The van der Waals surface area contributed by atoms with Gasteiger partial charge in [0, 0.05) is 11.7 Å². The summed E-state index contributed by atoms with van der Waals surface area (Å²) in [5.74, 6) is 0.629. The van der Waals surface area contributed by atoms with Crippen LogP contribution in [0.4, 0.5) is 11.5 Å². The smallest absolute Gasteiger partial charge is 0.256 e. The van der Waals surface area contributed by atoms with Crippen LogP contribution in [0.25, 0.3) is 0 Å². The highest BCUT2D eigenvalue weighted by Gasteiger charge is 2.32. The van der Waals surface area contributed by atoms with E-state index in [0.29, 0.717) is 30.3 Å². The Hall–Kier alpha value is -2.89. The molecule has 0 radical (unpaired) electrons. The maximum Gasteiger partial charge on any atom is 0.256 e. The topological polar surface area (TPSA) is 123 Å². The highest BCUT2D eigenvalue weighted by molar-refractivity contribution is 5.99. The monoisotopic (exact) mass is 397 g/mol. The zero-order valence-corrected chi connectivity index (χ0v) is 16.7. The average Bonchev–Trinajstić information content (AvgIpc) is 3.40. The molecule has 4 N–H and O–H groups in total. The maximum absolute atomic E-state index is 12.7. The number of rotatable bonds is 10. The lowest BCUT2D eigenvalue weighted by Crippen LogP contribution is -2.36. The molecule has 29 heavy (non-hydrogen) atoms. The number of benzene rings is 1. The van der Waals surface area contributed by atoms with Gasteiger partial charge >= 0.3 is 0 Å². The number of aromatic amines is 1. The predicted octanol–water partition coefficient (Wildman–Crippen LogP) is 2.86. The Morgan fingerprint density at radius 1 is 1.48 bits per heavy atom. The summed E-state index contributed by atoms with van der Waals surface area (Å²) in [6, 6.07) is 9.63. The molecule has 8 nitrogen and oxygen atoms in total. The molecule has 0 saturated heterocycles. The first kappa shape index (κ1) is 20.8. The Morgan fingerprint density at radius 2 is 2.28 bits per heavy atom. The number of carbonyl (C=O) groups is 1. The van der Waals surface area contributed by atoms with E-state index < -0.39 is 5.60 Å². The molecule has 0 spiro atoms. The van der Waals surface area contributed by atoms with Crippen molar-refractivity contribution in [3.8, 4) is 6.07 Å². The number of carbonyl (C=O) groups excluding carboxylic acids is 1. The van der Waals surface area contributed by atoms with Gasteiger partial charge in [0.2, 0.25) is 0 Å². The summed E-state index contributed by atoms with van der Waals surface area (Å²) in [4.78, 5) is 12.7. The molecular weight excluding hydrogens is 370 g/mol. The van der Waals surface area contributed by atoms with Crippen molar-refractivity contribution in [2.75, 3.05) is 11.9 Å². The lowest BCUT2D eigenvalue weighted by atomic mass is 10.1. The first-order valence-corrected chi connectivity index (χ1v) is 9.73. The summed E-state index contributed by atoms with van der Waals surface area (Å²) in [5.41, 5.74) is 1.24. The third-order valence-electron chi connectivity index (χ3n) is 4.62. The van der Waals surface area contributed by atoms with E-state index in [1.165, 1.54) is 6.20 Å². The lowest BCUT2D eigenvalue weighted by Gasteiger charge is -2.17. The van der Waals surface area contributed by atoms with Crippen molar-refractivity contribution in [1.29, 1.82) is 5.26 Å². The third-order valence-corrected chi connectivity index (χ3v) is 4.62. The van der Waals surface area contributed by atoms with Gasteiger partial charge in [0.05, 0.1) is 37.5 Å². The fourth-order valence-corrected chi connectivity index (χ4v) is 3.03. The number of hydrogen-bond acceptors (Lipinski definition) is 6. The van der Waals surface area contributed by atoms with E-state index in [2.05, 4.69) is 26.9 Å². The van der Waals surface area contributed by atoms with E-state index in [1.807, 2.05) is 24.3 Å². The highest BCUT2D eigenvalue weighted by Crippen LogP contribution is 2.34. The molecule has 1 saturated carbocycles. The number of nitriles is 1. The van der Waals surface area contributed by atoms with Crippen molar-refractivity contribution in [3.63, 3.8) is 0 Å². The van der Waals surface area contributed by atoms with Gasteiger partial charge in [0.25, 0.3) is 5.91 Å². The lowest BCUT2D eigenvalue weighted by molar-refractivity contribution is -0.0268. The summed E-state index contributed by atoms with van der Waals surface area (Å²) in [7, 11) is 0. The molecule has 1 aromatic heterocycles. The predicted molar refractivity (Wildman–Crippen MR) is 108 cm³/mol. The number of hydrogen-bond donors (Lipinski definition) is 4. The highest BCUT2D eigenvalue weighted by atomic mass is 16.5. The maximum atomic E-state index is 12.7. The van der Waals surface area contributed by atoms with E-state index in [1.54, 1.807) is 13.8 Å². The Balaban J connectivity index is 1.63. The minimum atomic E-state index is -0.877. The number of anilines is 2. The normalized spacial score (nSPS) is 14.8.